The Morgan fingerprint density at radius 1 is 1.14 bits per heavy atom. The SMILES string of the molecule is CC(=O)c1ccc(NC(=O)NC2CCC(CO)CC2)cc1. The molecule has 0 radical (unpaired) electrons. The topological polar surface area (TPSA) is 78.4 Å². The quantitative estimate of drug-likeness (QED) is 0.746. The van der Waals surface area contributed by atoms with E-state index in [0.717, 1.165) is 25.7 Å². The Kier molecular flexibility index (Phi) is 5.33. The third-order valence-corrected chi connectivity index (χ3v) is 3.99. The van der Waals surface area contributed by atoms with Gasteiger partial charge in [-0.15, -0.1) is 0 Å². The number of aliphatic hydroxyl groups excluding tert-OH is 1. The van der Waals surface area contributed by atoms with E-state index in [9.17, 15) is 9.59 Å². The fourth-order valence-corrected chi connectivity index (χ4v) is 2.63. The zero-order valence-electron chi connectivity index (χ0n) is 12.3. The monoisotopic (exact) mass is 290 g/mol. The summed E-state index contributed by atoms with van der Waals surface area (Å²) in [6, 6.07) is 6.79. The number of nitrogens with one attached hydrogen (secondary N) is 2. The van der Waals surface area contributed by atoms with E-state index in [0.29, 0.717) is 17.2 Å². The average Bonchev–Trinajstić information content (AvgIpc) is 2.48. The molecule has 114 valence electrons. The predicted molar refractivity (Wildman–Crippen MR) is 81.4 cm³/mol. The maximum absolute atomic E-state index is 11.9. The zero-order chi connectivity index (χ0) is 15.2. The van der Waals surface area contributed by atoms with Crippen LogP contribution in [0.3, 0.4) is 0 Å². The molecule has 21 heavy (non-hydrogen) atoms. The van der Waals surface area contributed by atoms with E-state index in [1.165, 1.54) is 6.92 Å². The van der Waals surface area contributed by atoms with Gasteiger partial charge in [-0.25, -0.2) is 4.79 Å². The van der Waals surface area contributed by atoms with E-state index in [1.807, 2.05) is 0 Å². The Balaban J connectivity index is 1.80. The van der Waals surface area contributed by atoms with Gasteiger partial charge in [0.25, 0.3) is 0 Å². The molecule has 0 heterocycles. The van der Waals surface area contributed by atoms with Gasteiger partial charge < -0.3 is 15.7 Å². The van der Waals surface area contributed by atoms with Crippen molar-refractivity contribution in [2.75, 3.05) is 11.9 Å². The predicted octanol–water partition coefficient (Wildman–Crippen LogP) is 2.56. The Morgan fingerprint density at radius 3 is 2.29 bits per heavy atom. The van der Waals surface area contributed by atoms with Gasteiger partial charge in [0.05, 0.1) is 0 Å². The molecule has 1 aliphatic carbocycles. The maximum atomic E-state index is 11.9. The smallest absolute Gasteiger partial charge is 0.319 e. The highest BCUT2D eigenvalue weighted by Gasteiger charge is 2.21. The second kappa shape index (κ2) is 7.22. The molecule has 0 atom stereocenters. The molecule has 0 bridgehead atoms. The van der Waals surface area contributed by atoms with E-state index in [2.05, 4.69) is 10.6 Å². The van der Waals surface area contributed by atoms with Gasteiger partial charge in [0, 0.05) is 23.9 Å². The maximum Gasteiger partial charge on any atom is 0.319 e. The number of amides is 2. The van der Waals surface area contributed by atoms with Gasteiger partial charge >= 0.3 is 6.03 Å². The first-order chi connectivity index (χ1) is 10.1. The molecule has 0 spiro atoms. The van der Waals surface area contributed by atoms with E-state index < -0.39 is 0 Å². The third kappa shape index (κ3) is 4.56. The summed E-state index contributed by atoms with van der Waals surface area (Å²) >= 11 is 0. The molecule has 0 aliphatic heterocycles. The normalized spacial score (nSPS) is 21.6. The minimum atomic E-state index is -0.224. The van der Waals surface area contributed by atoms with Crippen LogP contribution in [0.2, 0.25) is 0 Å². The minimum absolute atomic E-state index is 0.00615. The third-order valence-electron chi connectivity index (χ3n) is 3.99. The van der Waals surface area contributed by atoms with Crippen LogP contribution >= 0.6 is 0 Å². The van der Waals surface area contributed by atoms with E-state index >= 15 is 0 Å². The van der Waals surface area contributed by atoms with Gasteiger partial charge in [0.2, 0.25) is 0 Å². The second-order valence-electron chi connectivity index (χ2n) is 5.63. The summed E-state index contributed by atoms with van der Waals surface area (Å²) in [5, 5.41) is 14.8. The molecule has 5 heteroatoms. The Bertz CT molecular complexity index is 491. The van der Waals surface area contributed by atoms with Crippen LogP contribution in [-0.2, 0) is 0 Å². The zero-order valence-corrected chi connectivity index (χ0v) is 12.3. The van der Waals surface area contributed by atoms with Crippen molar-refractivity contribution >= 4 is 17.5 Å². The number of carbonyl (C=O) groups is 2. The highest BCUT2D eigenvalue weighted by Crippen LogP contribution is 2.23. The number of aliphatic hydroxyl groups is 1. The van der Waals surface area contributed by atoms with Gasteiger partial charge in [-0.1, -0.05) is 0 Å². The molecular formula is C16H22N2O3. The lowest BCUT2D eigenvalue weighted by molar-refractivity contribution is 0.101. The first-order valence-corrected chi connectivity index (χ1v) is 7.38. The Morgan fingerprint density at radius 2 is 1.76 bits per heavy atom. The molecule has 5 nitrogen and oxygen atoms in total. The van der Waals surface area contributed by atoms with E-state index in [1.54, 1.807) is 24.3 Å². The number of anilines is 1. The lowest BCUT2D eigenvalue weighted by Gasteiger charge is -2.27. The molecule has 0 saturated heterocycles. The Hall–Kier alpha value is -1.88. The van der Waals surface area contributed by atoms with Crippen molar-refractivity contribution in [2.24, 2.45) is 5.92 Å². The van der Waals surface area contributed by atoms with Crippen molar-refractivity contribution in [3.05, 3.63) is 29.8 Å². The molecule has 1 saturated carbocycles. The highest BCUT2D eigenvalue weighted by atomic mass is 16.3. The summed E-state index contributed by atoms with van der Waals surface area (Å²) in [5.74, 6) is 0.386. The number of urea groups is 1. The van der Waals surface area contributed by atoms with E-state index in [4.69, 9.17) is 5.11 Å². The summed E-state index contributed by atoms with van der Waals surface area (Å²) in [6.07, 6.45) is 3.72. The van der Waals surface area contributed by atoms with Crippen LogP contribution in [0.25, 0.3) is 0 Å². The van der Waals surface area contributed by atoms with Crippen LogP contribution in [0, 0.1) is 5.92 Å². The number of rotatable bonds is 4. The molecule has 0 unspecified atom stereocenters. The largest absolute Gasteiger partial charge is 0.396 e. The summed E-state index contributed by atoms with van der Waals surface area (Å²) < 4.78 is 0. The van der Waals surface area contributed by atoms with Gasteiger partial charge in [0.1, 0.15) is 0 Å². The van der Waals surface area contributed by atoms with Crippen molar-refractivity contribution in [1.29, 1.82) is 0 Å². The molecule has 2 amide bonds. The van der Waals surface area contributed by atoms with Crippen LogP contribution in [0.5, 0.6) is 0 Å². The molecule has 1 aliphatic rings. The van der Waals surface area contributed by atoms with Crippen molar-refractivity contribution in [1.82, 2.24) is 5.32 Å². The minimum Gasteiger partial charge on any atom is -0.396 e. The van der Waals surface area contributed by atoms with Gasteiger partial charge in [-0.2, -0.15) is 0 Å². The standard InChI is InChI=1S/C16H22N2O3/c1-11(20)13-4-8-15(9-5-13)18-16(21)17-14-6-2-12(10-19)3-7-14/h4-5,8-9,12,14,19H,2-3,6-7,10H2,1H3,(H2,17,18,21). The van der Waals surface area contributed by atoms with Crippen LogP contribution < -0.4 is 10.6 Å². The molecule has 1 aromatic rings. The van der Waals surface area contributed by atoms with Crippen LogP contribution in [-0.4, -0.2) is 29.6 Å². The summed E-state index contributed by atoms with van der Waals surface area (Å²) in [5.41, 5.74) is 1.30. The molecule has 1 aromatic carbocycles. The van der Waals surface area contributed by atoms with Gasteiger partial charge in [0.15, 0.2) is 5.78 Å². The average molecular weight is 290 g/mol. The molecule has 3 N–H and O–H groups in total. The van der Waals surface area contributed by atoms with Gasteiger partial charge in [-0.05, 0) is 62.8 Å². The van der Waals surface area contributed by atoms with Crippen LogP contribution in [0.4, 0.5) is 10.5 Å². The number of hydrogen-bond donors (Lipinski definition) is 3. The second-order valence-corrected chi connectivity index (χ2v) is 5.63. The fourth-order valence-electron chi connectivity index (χ4n) is 2.63. The lowest BCUT2D eigenvalue weighted by atomic mass is 9.87. The Labute approximate surface area is 124 Å². The summed E-state index contributed by atoms with van der Waals surface area (Å²) in [6.45, 7) is 1.75. The number of hydrogen-bond acceptors (Lipinski definition) is 3. The van der Waals surface area contributed by atoms with Crippen molar-refractivity contribution in [3.63, 3.8) is 0 Å². The first-order valence-electron chi connectivity index (χ1n) is 7.38. The number of benzene rings is 1. The molecule has 0 aromatic heterocycles. The molecular weight excluding hydrogens is 268 g/mol. The highest BCUT2D eigenvalue weighted by molar-refractivity contribution is 5.95. The van der Waals surface area contributed by atoms with Crippen molar-refractivity contribution < 1.29 is 14.7 Å². The number of Topliss-reactive ketones (excluding diaryl/α,β-unsaturated/α-hetero) is 1. The summed E-state index contributed by atoms with van der Waals surface area (Å²) in [7, 11) is 0. The number of ketones is 1. The van der Waals surface area contributed by atoms with Crippen molar-refractivity contribution in [2.45, 2.75) is 38.6 Å². The first kappa shape index (κ1) is 15.5. The van der Waals surface area contributed by atoms with Crippen LogP contribution in [0.15, 0.2) is 24.3 Å². The van der Waals surface area contributed by atoms with E-state index in [-0.39, 0.29) is 24.5 Å². The summed E-state index contributed by atoms with van der Waals surface area (Å²) in [4.78, 5) is 23.1. The van der Waals surface area contributed by atoms with Gasteiger partial charge in [-0.3, -0.25) is 4.79 Å². The lowest BCUT2D eigenvalue weighted by Crippen LogP contribution is -2.40. The fraction of sp³-hybridized carbons (Fsp3) is 0.500. The molecule has 2 rings (SSSR count). The van der Waals surface area contributed by atoms with Crippen molar-refractivity contribution in [3.8, 4) is 0 Å². The number of carbonyl (C=O) groups excluding carboxylic acids is 2. The molecule has 1 fully saturated rings. The van der Waals surface area contributed by atoms with Crippen LogP contribution in [0.1, 0.15) is 43.0 Å².